The van der Waals surface area contributed by atoms with E-state index in [9.17, 15) is 4.39 Å². The van der Waals surface area contributed by atoms with Crippen molar-refractivity contribution in [2.75, 3.05) is 6.54 Å². The van der Waals surface area contributed by atoms with Crippen LogP contribution in [0.25, 0.3) is 0 Å². The largest absolute Gasteiger partial charge is 0.310 e. The molecule has 1 aromatic carbocycles. The van der Waals surface area contributed by atoms with Crippen LogP contribution in [0.15, 0.2) is 22.7 Å². The van der Waals surface area contributed by atoms with Crippen molar-refractivity contribution < 1.29 is 4.39 Å². The van der Waals surface area contributed by atoms with Crippen LogP contribution in [0.5, 0.6) is 0 Å². The SMILES string of the molecule is CCNC(Cc1c(Br)c(C)nn1C)c1ccc(F)cc1Cl. The minimum atomic E-state index is -0.323. The molecule has 114 valence electrons. The third-order valence-corrected chi connectivity index (χ3v) is 4.81. The molecule has 1 unspecified atom stereocenters. The number of nitrogens with zero attached hydrogens (tertiary/aromatic N) is 2. The summed E-state index contributed by atoms with van der Waals surface area (Å²) in [5, 5.41) is 8.25. The van der Waals surface area contributed by atoms with Crippen molar-refractivity contribution in [1.82, 2.24) is 15.1 Å². The van der Waals surface area contributed by atoms with Gasteiger partial charge in [-0.1, -0.05) is 24.6 Å². The molecule has 0 fully saturated rings. The van der Waals surface area contributed by atoms with Gasteiger partial charge >= 0.3 is 0 Å². The van der Waals surface area contributed by atoms with E-state index in [4.69, 9.17) is 11.6 Å². The van der Waals surface area contributed by atoms with E-state index in [-0.39, 0.29) is 11.9 Å². The molecule has 0 radical (unpaired) electrons. The van der Waals surface area contributed by atoms with Crippen molar-refractivity contribution in [2.24, 2.45) is 7.05 Å². The molecule has 0 aliphatic heterocycles. The van der Waals surface area contributed by atoms with Gasteiger partial charge in [-0.15, -0.1) is 0 Å². The van der Waals surface area contributed by atoms with Crippen LogP contribution in [0.2, 0.25) is 5.02 Å². The summed E-state index contributed by atoms with van der Waals surface area (Å²) in [7, 11) is 1.92. The fourth-order valence-electron chi connectivity index (χ4n) is 2.42. The Morgan fingerprint density at radius 2 is 2.19 bits per heavy atom. The van der Waals surface area contributed by atoms with E-state index in [2.05, 4.69) is 26.3 Å². The van der Waals surface area contributed by atoms with Gasteiger partial charge in [0, 0.05) is 24.5 Å². The molecule has 3 nitrogen and oxygen atoms in total. The van der Waals surface area contributed by atoms with Crippen molar-refractivity contribution in [3.8, 4) is 0 Å². The van der Waals surface area contributed by atoms with Crippen molar-refractivity contribution >= 4 is 27.5 Å². The number of benzene rings is 1. The van der Waals surface area contributed by atoms with Crippen LogP contribution in [-0.2, 0) is 13.5 Å². The number of halogens is 3. The van der Waals surface area contributed by atoms with Crippen molar-refractivity contribution in [3.63, 3.8) is 0 Å². The first-order valence-corrected chi connectivity index (χ1v) is 7.97. The van der Waals surface area contributed by atoms with E-state index in [1.165, 1.54) is 12.1 Å². The third-order valence-electron chi connectivity index (χ3n) is 3.45. The third kappa shape index (κ3) is 3.65. The van der Waals surface area contributed by atoms with Gasteiger partial charge in [-0.2, -0.15) is 5.10 Å². The van der Waals surface area contributed by atoms with Crippen molar-refractivity contribution in [1.29, 1.82) is 0 Å². The van der Waals surface area contributed by atoms with Crippen LogP contribution in [-0.4, -0.2) is 16.3 Å². The summed E-state index contributed by atoms with van der Waals surface area (Å²) < 4.78 is 16.1. The monoisotopic (exact) mass is 373 g/mol. The first-order valence-electron chi connectivity index (χ1n) is 6.80. The van der Waals surface area contributed by atoms with Crippen LogP contribution in [0, 0.1) is 12.7 Å². The highest BCUT2D eigenvalue weighted by atomic mass is 79.9. The summed E-state index contributed by atoms with van der Waals surface area (Å²) in [6.07, 6.45) is 0.719. The second-order valence-electron chi connectivity index (χ2n) is 4.95. The van der Waals surface area contributed by atoms with E-state index in [0.717, 1.165) is 34.4 Å². The van der Waals surface area contributed by atoms with E-state index < -0.39 is 0 Å². The lowest BCUT2D eigenvalue weighted by Gasteiger charge is -2.20. The quantitative estimate of drug-likeness (QED) is 0.851. The molecule has 0 saturated carbocycles. The minimum Gasteiger partial charge on any atom is -0.310 e. The van der Waals surface area contributed by atoms with Gasteiger partial charge in [-0.3, -0.25) is 4.68 Å². The molecule has 6 heteroatoms. The Morgan fingerprint density at radius 3 is 2.71 bits per heavy atom. The second kappa shape index (κ2) is 6.90. The second-order valence-corrected chi connectivity index (χ2v) is 6.15. The van der Waals surface area contributed by atoms with Gasteiger partial charge in [-0.05, 0) is 47.1 Å². The first-order chi connectivity index (χ1) is 9.93. The van der Waals surface area contributed by atoms with Crippen molar-refractivity contribution in [3.05, 3.63) is 50.5 Å². The predicted molar refractivity (Wildman–Crippen MR) is 87.2 cm³/mol. The standard InChI is InChI=1S/C15H18BrClFN3/c1-4-19-13(11-6-5-10(18)7-12(11)17)8-14-15(16)9(2)20-21(14)3/h5-7,13,19H,4,8H2,1-3H3. The summed E-state index contributed by atoms with van der Waals surface area (Å²) in [5.41, 5.74) is 2.93. The Morgan fingerprint density at radius 1 is 1.48 bits per heavy atom. The van der Waals surface area contributed by atoms with E-state index in [1.54, 1.807) is 6.07 Å². The summed E-state index contributed by atoms with van der Waals surface area (Å²) in [4.78, 5) is 0. The van der Waals surface area contributed by atoms with E-state index in [1.807, 2.05) is 25.6 Å². The number of aryl methyl sites for hydroxylation is 2. The smallest absolute Gasteiger partial charge is 0.124 e. The molecule has 0 spiro atoms. The number of aromatic nitrogens is 2. The van der Waals surface area contributed by atoms with Gasteiger partial charge in [0.05, 0.1) is 15.9 Å². The molecule has 2 rings (SSSR count). The van der Waals surface area contributed by atoms with Crippen LogP contribution in [0.1, 0.15) is 29.9 Å². The molecule has 0 amide bonds. The van der Waals surface area contributed by atoms with Gasteiger partial charge in [0.25, 0.3) is 0 Å². The Labute approximate surface area is 137 Å². The molecule has 1 heterocycles. The molecule has 21 heavy (non-hydrogen) atoms. The molecular weight excluding hydrogens is 357 g/mol. The zero-order valence-electron chi connectivity index (χ0n) is 12.3. The summed E-state index contributed by atoms with van der Waals surface area (Å²) in [6, 6.07) is 4.54. The number of hydrogen-bond donors (Lipinski definition) is 1. The predicted octanol–water partition coefficient (Wildman–Crippen LogP) is 4.18. The van der Waals surface area contributed by atoms with Crippen LogP contribution in [0.3, 0.4) is 0 Å². The highest BCUT2D eigenvalue weighted by Gasteiger charge is 2.19. The maximum absolute atomic E-state index is 13.2. The van der Waals surface area contributed by atoms with Gasteiger partial charge in [0.2, 0.25) is 0 Å². The molecule has 1 N–H and O–H groups in total. The molecule has 2 aromatic rings. The van der Waals surface area contributed by atoms with Gasteiger partial charge < -0.3 is 5.32 Å². The minimum absolute atomic E-state index is 0.00852. The molecule has 1 aromatic heterocycles. The zero-order chi connectivity index (χ0) is 15.6. The number of likely N-dealkylation sites (N-methyl/N-ethyl adjacent to an activating group) is 1. The lowest BCUT2D eigenvalue weighted by atomic mass is 10.0. The van der Waals surface area contributed by atoms with Crippen LogP contribution in [0.4, 0.5) is 4.39 Å². The topological polar surface area (TPSA) is 29.9 Å². The van der Waals surface area contributed by atoms with Crippen LogP contribution >= 0.6 is 27.5 Å². The lowest BCUT2D eigenvalue weighted by molar-refractivity contribution is 0.526. The summed E-state index contributed by atoms with van der Waals surface area (Å²) >= 11 is 9.78. The summed E-state index contributed by atoms with van der Waals surface area (Å²) in [6.45, 7) is 4.79. The van der Waals surface area contributed by atoms with Gasteiger partial charge in [-0.25, -0.2) is 4.39 Å². The normalized spacial score (nSPS) is 12.7. The Balaban J connectivity index is 2.35. The number of rotatable bonds is 5. The van der Waals surface area contributed by atoms with Crippen LogP contribution < -0.4 is 5.32 Å². The first kappa shape index (κ1) is 16.5. The Kier molecular flexibility index (Phi) is 5.41. The Bertz CT molecular complexity index is 642. The molecule has 0 saturated heterocycles. The summed E-state index contributed by atoms with van der Waals surface area (Å²) in [5.74, 6) is -0.323. The van der Waals surface area contributed by atoms with E-state index >= 15 is 0 Å². The fourth-order valence-corrected chi connectivity index (χ4v) is 3.21. The highest BCUT2D eigenvalue weighted by molar-refractivity contribution is 9.10. The maximum Gasteiger partial charge on any atom is 0.124 e. The zero-order valence-corrected chi connectivity index (χ0v) is 14.6. The molecule has 0 bridgehead atoms. The maximum atomic E-state index is 13.2. The average Bonchev–Trinajstić information content (AvgIpc) is 2.65. The number of nitrogens with one attached hydrogen (secondary N) is 1. The fraction of sp³-hybridized carbons (Fsp3) is 0.400. The van der Waals surface area contributed by atoms with E-state index in [0.29, 0.717) is 5.02 Å². The van der Waals surface area contributed by atoms with Gasteiger partial charge in [0.15, 0.2) is 0 Å². The lowest BCUT2D eigenvalue weighted by Crippen LogP contribution is -2.24. The number of hydrogen-bond acceptors (Lipinski definition) is 2. The molecular formula is C15H18BrClFN3. The molecule has 0 aliphatic rings. The average molecular weight is 375 g/mol. The van der Waals surface area contributed by atoms with Gasteiger partial charge in [0.1, 0.15) is 5.82 Å². The Hall–Kier alpha value is -0.910. The highest BCUT2D eigenvalue weighted by Crippen LogP contribution is 2.29. The van der Waals surface area contributed by atoms with Crippen molar-refractivity contribution in [2.45, 2.75) is 26.3 Å². The molecule has 0 aliphatic carbocycles. The molecule has 1 atom stereocenters.